The highest BCUT2D eigenvalue weighted by Crippen LogP contribution is 2.13. The van der Waals surface area contributed by atoms with E-state index in [2.05, 4.69) is 10.6 Å². The predicted molar refractivity (Wildman–Crippen MR) is 84.9 cm³/mol. The van der Waals surface area contributed by atoms with Crippen LogP contribution in [-0.2, 0) is 0 Å². The van der Waals surface area contributed by atoms with Crippen LogP contribution in [0.2, 0.25) is 0 Å². The summed E-state index contributed by atoms with van der Waals surface area (Å²) < 4.78 is 5.57. The third-order valence-electron chi connectivity index (χ3n) is 3.04. The SMILES string of the molecule is Cc1cccc(OCCNC(=O)Nc2ccccc2C)c1. The molecule has 0 saturated heterocycles. The first-order chi connectivity index (χ1) is 10.1. The smallest absolute Gasteiger partial charge is 0.319 e. The maximum Gasteiger partial charge on any atom is 0.319 e. The minimum absolute atomic E-state index is 0.225. The lowest BCUT2D eigenvalue weighted by molar-refractivity contribution is 0.247. The van der Waals surface area contributed by atoms with Crippen molar-refractivity contribution in [2.45, 2.75) is 13.8 Å². The number of hydrogen-bond donors (Lipinski definition) is 2. The lowest BCUT2D eigenvalue weighted by Gasteiger charge is -2.10. The molecule has 0 bridgehead atoms. The van der Waals surface area contributed by atoms with Crippen molar-refractivity contribution in [2.75, 3.05) is 18.5 Å². The van der Waals surface area contributed by atoms with E-state index < -0.39 is 0 Å². The minimum atomic E-state index is -0.225. The Kier molecular flexibility index (Phi) is 5.21. The van der Waals surface area contributed by atoms with Gasteiger partial charge in [0.2, 0.25) is 0 Å². The molecule has 0 aliphatic carbocycles. The van der Waals surface area contributed by atoms with E-state index in [-0.39, 0.29) is 6.03 Å². The summed E-state index contributed by atoms with van der Waals surface area (Å²) in [5, 5.41) is 5.58. The van der Waals surface area contributed by atoms with E-state index >= 15 is 0 Å². The van der Waals surface area contributed by atoms with Gasteiger partial charge in [-0.1, -0.05) is 30.3 Å². The number of ether oxygens (including phenoxy) is 1. The number of carbonyl (C=O) groups excluding carboxylic acids is 1. The van der Waals surface area contributed by atoms with Gasteiger partial charge < -0.3 is 15.4 Å². The van der Waals surface area contributed by atoms with Crippen LogP contribution in [0.1, 0.15) is 11.1 Å². The van der Waals surface area contributed by atoms with E-state index in [0.717, 1.165) is 22.6 Å². The van der Waals surface area contributed by atoms with Crippen molar-refractivity contribution in [1.29, 1.82) is 0 Å². The third-order valence-corrected chi connectivity index (χ3v) is 3.04. The molecule has 21 heavy (non-hydrogen) atoms. The standard InChI is InChI=1S/C17H20N2O2/c1-13-6-5-8-15(12-13)21-11-10-18-17(20)19-16-9-4-3-7-14(16)2/h3-9,12H,10-11H2,1-2H3,(H2,18,19,20). The molecule has 2 N–H and O–H groups in total. The second-order valence-electron chi connectivity index (χ2n) is 4.86. The van der Waals surface area contributed by atoms with Crippen LogP contribution in [0.4, 0.5) is 10.5 Å². The van der Waals surface area contributed by atoms with Gasteiger partial charge in [-0.05, 0) is 43.2 Å². The Morgan fingerprint density at radius 1 is 1.10 bits per heavy atom. The Morgan fingerprint density at radius 3 is 2.67 bits per heavy atom. The van der Waals surface area contributed by atoms with E-state index in [1.54, 1.807) is 0 Å². The quantitative estimate of drug-likeness (QED) is 0.826. The number of benzene rings is 2. The topological polar surface area (TPSA) is 50.4 Å². The van der Waals surface area contributed by atoms with Gasteiger partial charge in [-0.2, -0.15) is 0 Å². The zero-order valence-corrected chi connectivity index (χ0v) is 12.3. The molecule has 0 unspecified atom stereocenters. The number of nitrogens with one attached hydrogen (secondary N) is 2. The number of anilines is 1. The zero-order chi connectivity index (χ0) is 15.1. The zero-order valence-electron chi connectivity index (χ0n) is 12.3. The molecule has 0 saturated carbocycles. The summed E-state index contributed by atoms with van der Waals surface area (Å²) in [6.07, 6.45) is 0. The molecule has 0 fully saturated rings. The maximum absolute atomic E-state index is 11.8. The van der Waals surface area contributed by atoms with Gasteiger partial charge in [-0.25, -0.2) is 4.79 Å². The second-order valence-corrected chi connectivity index (χ2v) is 4.86. The van der Waals surface area contributed by atoms with Gasteiger partial charge in [0.15, 0.2) is 0 Å². The Hall–Kier alpha value is -2.49. The summed E-state index contributed by atoms with van der Waals surface area (Å²) in [4.78, 5) is 11.8. The summed E-state index contributed by atoms with van der Waals surface area (Å²) in [6, 6.07) is 15.3. The Labute approximate surface area is 125 Å². The molecule has 110 valence electrons. The maximum atomic E-state index is 11.8. The number of hydrogen-bond acceptors (Lipinski definition) is 2. The molecular weight excluding hydrogens is 264 g/mol. The van der Waals surface area contributed by atoms with Gasteiger partial charge in [0.25, 0.3) is 0 Å². The Bertz CT molecular complexity index is 611. The molecule has 2 aromatic carbocycles. The highest BCUT2D eigenvalue weighted by atomic mass is 16.5. The lowest BCUT2D eigenvalue weighted by atomic mass is 10.2. The van der Waals surface area contributed by atoms with E-state index in [0.29, 0.717) is 13.2 Å². The molecule has 4 nitrogen and oxygen atoms in total. The third kappa shape index (κ3) is 4.84. The molecule has 0 radical (unpaired) electrons. The van der Waals surface area contributed by atoms with Crippen molar-refractivity contribution in [2.24, 2.45) is 0 Å². The van der Waals surface area contributed by atoms with Crippen LogP contribution < -0.4 is 15.4 Å². The van der Waals surface area contributed by atoms with E-state index in [4.69, 9.17) is 4.74 Å². The normalized spacial score (nSPS) is 10.0. The molecule has 0 spiro atoms. The number of carbonyl (C=O) groups is 1. The van der Waals surface area contributed by atoms with Crippen molar-refractivity contribution in [3.8, 4) is 5.75 Å². The number of aryl methyl sites for hydroxylation is 2. The fourth-order valence-corrected chi connectivity index (χ4v) is 1.92. The molecule has 0 aliphatic heterocycles. The highest BCUT2D eigenvalue weighted by molar-refractivity contribution is 5.89. The predicted octanol–water partition coefficient (Wildman–Crippen LogP) is 3.50. The highest BCUT2D eigenvalue weighted by Gasteiger charge is 2.03. The van der Waals surface area contributed by atoms with E-state index in [1.807, 2.05) is 62.4 Å². The summed E-state index contributed by atoms with van der Waals surface area (Å²) in [5.74, 6) is 0.816. The van der Waals surface area contributed by atoms with Crippen LogP contribution in [0, 0.1) is 13.8 Å². The number of rotatable bonds is 5. The van der Waals surface area contributed by atoms with Gasteiger partial charge >= 0.3 is 6.03 Å². The summed E-state index contributed by atoms with van der Waals surface area (Å²) in [7, 11) is 0. The minimum Gasteiger partial charge on any atom is -0.492 e. The average molecular weight is 284 g/mol. The Morgan fingerprint density at radius 2 is 1.90 bits per heavy atom. The summed E-state index contributed by atoms with van der Waals surface area (Å²) in [6.45, 7) is 4.85. The lowest BCUT2D eigenvalue weighted by Crippen LogP contribution is -2.32. The average Bonchev–Trinajstić information content (AvgIpc) is 2.46. The molecule has 0 atom stereocenters. The molecule has 4 heteroatoms. The van der Waals surface area contributed by atoms with Crippen LogP contribution in [0.3, 0.4) is 0 Å². The van der Waals surface area contributed by atoms with Crippen molar-refractivity contribution >= 4 is 11.7 Å². The van der Waals surface area contributed by atoms with E-state index in [1.165, 1.54) is 0 Å². The van der Waals surface area contributed by atoms with Gasteiger partial charge in [0.1, 0.15) is 12.4 Å². The van der Waals surface area contributed by atoms with Crippen LogP contribution in [0.5, 0.6) is 5.75 Å². The second kappa shape index (κ2) is 7.33. The van der Waals surface area contributed by atoms with Crippen molar-refractivity contribution < 1.29 is 9.53 Å². The summed E-state index contributed by atoms with van der Waals surface area (Å²) in [5.41, 5.74) is 3.00. The summed E-state index contributed by atoms with van der Waals surface area (Å²) >= 11 is 0. The number of para-hydroxylation sites is 1. The van der Waals surface area contributed by atoms with Crippen LogP contribution in [0.25, 0.3) is 0 Å². The Balaban J connectivity index is 1.71. The molecule has 2 aromatic rings. The molecule has 0 aliphatic rings. The van der Waals surface area contributed by atoms with Crippen LogP contribution >= 0.6 is 0 Å². The van der Waals surface area contributed by atoms with Crippen molar-refractivity contribution in [3.05, 3.63) is 59.7 Å². The van der Waals surface area contributed by atoms with Crippen LogP contribution in [0.15, 0.2) is 48.5 Å². The molecule has 2 amide bonds. The first kappa shape index (κ1) is 14.9. The van der Waals surface area contributed by atoms with Gasteiger partial charge in [0.05, 0.1) is 6.54 Å². The van der Waals surface area contributed by atoms with Crippen molar-refractivity contribution in [3.63, 3.8) is 0 Å². The number of urea groups is 1. The van der Waals surface area contributed by atoms with Gasteiger partial charge in [-0.15, -0.1) is 0 Å². The fourth-order valence-electron chi connectivity index (χ4n) is 1.92. The number of amides is 2. The van der Waals surface area contributed by atoms with Gasteiger partial charge in [0, 0.05) is 5.69 Å². The molecular formula is C17H20N2O2. The van der Waals surface area contributed by atoms with Gasteiger partial charge in [-0.3, -0.25) is 0 Å². The van der Waals surface area contributed by atoms with Crippen LogP contribution in [-0.4, -0.2) is 19.2 Å². The van der Waals surface area contributed by atoms with E-state index in [9.17, 15) is 4.79 Å². The first-order valence-electron chi connectivity index (χ1n) is 6.95. The fraction of sp³-hybridized carbons (Fsp3) is 0.235. The first-order valence-corrected chi connectivity index (χ1v) is 6.95. The van der Waals surface area contributed by atoms with Crippen molar-refractivity contribution in [1.82, 2.24) is 5.32 Å². The molecule has 2 rings (SSSR count). The largest absolute Gasteiger partial charge is 0.492 e. The molecule has 0 heterocycles. The monoisotopic (exact) mass is 284 g/mol. The molecule has 0 aromatic heterocycles.